The van der Waals surface area contributed by atoms with E-state index in [9.17, 15) is 0 Å². The first-order chi connectivity index (χ1) is 9.25. The zero-order valence-electron chi connectivity index (χ0n) is 11.6. The highest BCUT2D eigenvalue weighted by molar-refractivity contribution is 5.26. The van der Waals surface area contributed by atoms with E-state index in [1.54, 1.807) is 0 Å². The Morgan fingerprint density at radius 3 is 2.89 bits per heavy atom. The summed E-state index contributed by atoms with van der Waals surface area (Å²) in [7, 11) is 2.04. The summed E-state index contributed by atoms with van der Waals surface area (Å²) in [5.41, 5.74) is 4.12. The molecule has 0 saturated heterocycles. The van der Waals surface area contributed by atoms with Crippen LogP contribution in [0.5, 0.6) is 0 Å². The number of nitrogens with one attached hydrogen (secondary N) is 1. The van der Waals surface area contributed by atoms with E-state index in [1.807, 2.05) is 17.9 Å². The number of rotatable bonds is 3. The van der Waals surface area contributed by atoms with Gasteiger partial charge in [-0.2, -0.15) is 5.10 Å². The normalized spacial score (nSPS) is 20.0. The fourth-order valence-electron chi connectivity index (χ4n) is 3.02. The Morgan fingerprint density at radius 2 is 2.11 bits per heavy atom. The summed E-state index contributed by atoms with van der Waals surface area (Å²) in [5, 5.41) is 8.16. The molecule has 2 atom stereocenters. The molecular weight excluding hydrogens is 234 g/mol. The number of hydrogen-bond acceptors (Lipinski definition) is 2. The molecule has 1 N–H and O–H groups in total. The molecule has 1 aliphatic rings. The summed E-state index contributed by atoms with van der Waals surface area (Å²) < 4.78 is 2.02. The van der Waals surface area contributed by atoms with E-state index < -0.39 is 0 Å². The van der Waals surface area contributed by atoms with Gasteiger partial charge in [-0.05, 0) is 31.7 Å². The van der Waals surface area contributed by atoms with Crippen LogP contribution in [0.2, 0.25) is 0 Å². The molecule has 0 fully saturated rings. The average molecular weight is 255 g/mol. The van der Waals surface area contributed by atoms with Gasteiger partial charge in [-0.15, -0.1) is 0 Å². The van der Waals surface area contributed by atoms with Crippen molar-refractivity contribution in [3.63, 3.8) is 0 Å². The molecule has 100 valence electrons. The van der Waals surface area contributed by atoms with Gasteiger partial charge in [0.1, 0.15) is 0 Å². The Balaban J connectivity index is 1.78. The highest BCUT2D eigenvalue weighted by Crippen LogP contribution is 2.31. The first-order valence-electron chi connectivity index (χ1n) is 7.07. The smallest absolute Gasteiger partial charge is 0.0540 e. The van der Waals surface area contributed by atoms with Crippen molar-refractivity contribution in [2.45, 2.75) is 38.3 Å². The molecule has 0 bridgehead atoms. The van der Waals surface area contributed by atoms with E-state index in [0.717, 1.165) is 6.42 Å². The van der Waals surface area contributed by atoms with Gasteiger partial charge < -0.3 is 5.32 Å². The van der Waals surface area contributed by atoms with Crippen molar-refractivity contribution in [3.05, 3.63) is 53.3 Å². The number of aromatic nitrogens is 2. The second-order valence-corrected chi connectivity index (χ2v) is 5.41. The summed E-state index contributed by atoms with van der Waals surface area (Å²) in [6, 6.07) is 11.4. The van der Waals surface area contributed by atoms with Crippen LogP contribution in [0.3, 0.4) is 0 Å². The standard InChI is InChI=1S/C16H21N3/c1-12(13-7-4-3-5-8-13)18-15-9-6-10-16-14(15)11-17-19(16)2/h3-5,7-8,11-12,15,18H,6,9-10H2,1-2H3. The summed E-state index contributed by atoms with van der Waals surface area (Å²) >= 11 is 0. The second kappa shape index (κ2) is 5.17. The lowest BCUT2D eigenvalue weighted by Gasteiger charge is -2.27. The quantitative estimate of drug-likeness (QED) is 0.913. The Bertz CT molecular complexity index is 544. The molecule has 1 aromatic carbocycles. The van der Waals surface area contributed by atoms with Crippen LogP contribution < -0.4 is 5.32 Å². The molecular formula is C16H21N3. The average Bonchev–Trinajstić information content (AvgIpc) is 2.83. The second-order valence-electron chi connectivity index (χ2n) is 5.41. The molecule has 0 amide bonds. The van der Waals surface area contributed by atoms with Crippen molar-refractivity contribution in [1.29, 1.82) is 0 Å². The first-order valence-corrected chi connectivity index (χ1v) is 7.07. The van der Waals surface area contributed by atoms with Crippen LogP contribution in [-0.2, 0) is 13.5 Å². The van der Waals surface area contributed by atoms with Gasteiger partial charge >= 0.3 is 0 Å². The highest BCUT2D eigenvalue weighted by Gasteiger charge is 2.24. The van der Waals surface area contributed by atoms with Crippen LogP contribution in [0.15, 0.2) is 36.5 Å². The molecule has 0 saturated carbocycles. The number of nitrogens with zero attached hydrogens (tertiary/aromatic N) is 2. The summed E-state index contributed by atoms with van der Waals surface area (Å²) in [6.45, 7) is 2.24. The minimum atomic E-state index is 0.373. The number of hydrogen-bond donors (Lipinski definition) is 1. The first kappa shape index (κ1) is 12.4. The topological polar surface area (TPSA) is 29.9 Å². The number of benzene rings is 1. The molecule has 1 heterocycles. The maximum atomic E-state index is 4.41. The monoisotopic (exact) mass is 255 g/mol. The van der Waals surface area contributed by atoms with Crippen molar-refractivity contribution in [3.8, 4) is 0 Å². The van der Waals surface area contributed by atoms with Gasteiger partial charge in [-0.1, -0.05) is 30.3 Å². The molecule has 0 spiro atoms. The fraction of sp³-hybridized carbons (Fsp3) is 0.438. The van der Waals surface area contributed by atoms with Crippen LogP contribution in [0, 0.1) is 0 Å². The van der Waals surface area contributed by atoms with Crippen LogP contribution >= 0.6 is 0 Å². The molecule has 19 heavy (non-hydrogen) atoms. The zero-order valence-corrected chi connectivity index (χ0v) is 11.6. The van der Waals surface area contributed by atoms with E-state index in [1.165, 1.54) is 29.7 Å². The third kappa shape index (κ3) is 2.43. The largest absolute Gasteiger partial charge is 0.303 e. The van der Waals surface area contributed by atoms with Crippen molar-refractivity contribution < 1.29 is 0 Å². The van der Waals surface area contributed by atoms with Gasteiger partial charge in [-0.25, -0.2) is 0 Å². The minimum Gasteiger partial charge on any atom is -0.303 e. The molecule has 1 aliphatic carbocycles. The fourth-order valence-corrected chi connectivity index (χ4v) is 3.02. The van der Waals surface area contributed by atoms with E-state index in [4.69, 9.17) is 0 Å². The SMILES string of the molecule is CC(NC1CCCc2c1cnn2C)c1ccccc1. The van der Waals surface area contributed by atoms with Gasteiger partial charge in [0.2, 0.25) is 0 Å². The van der Waals surface area contributed by atoms with Crippen molar-refractivity contribution in [1.82, 2.24) is 15.1 Å². The molecule has 3 rings (SSSR count). The maximum absolute atomic E-state index is 4.41. The summed E-state index contributed by atoms with van der Waals surface area (Å²) in [6.07, 6.45) is 5.63. The van der Waals surface area contributed by atoms with Crippen LogP contribution in [-0.4, -0.2) is 9.78 Å². The Labute approximate surface area is 114 Å². The number of aryl methyl sites for hydroxylation is 1. The van der Waals surface area contributed by atoms with Gasteiger partial charge in [0, 0.05) is 30.4 Å². The Morgan fingerprint density at radius 1 is 1.32 bits per heavy atom. The summed E-state index contributed by atoms with van der Waals surface area (Å²) in [4.78, 5) is 0. The highest BCUT2D eigenvalue weighted by atomic mass is 15.3. The molecule has 0 aliphatic heterocycles. The summed E-state index contributed by atoms with van der Waals surface area (Å²) in [5.74, 6) is 0. The van der Waals surface area contributed by atoms with E-state index >= 15 is 0 Å². The minimum absolute atomic E-state index is 0.373. The van der Waals surface area contributed by atoms with E-state index in [-0.39, 0.29) is 0 Å². The molecule has 2 aromatic rings. The van der Waals surface area contributed by atoms with Crippen molar-refractivity contribution >= 4 is 0 Å². The van der Waals surface area contributed by atoms with Gasteiger partial charge in [0.15, 0.2) is 0 Å². The molecule has 0 radical (unpaired) electrons. The third-order valence-corrected chi connectivity index (χ3v) is 4.13. The maximum Gasteiger partial charge on any atom is 0.0540 e. The number of fused-ring (bicyclic) bond motifs is 1. The zero-order chi connectivity index (χ0) is 13.2. The predicted molar refractivity (Wildman–Crippen MR) is 76.9 cm³/mol. The van der Waals surface area contributed by atoms with Gasteiger partial charge in [-0.3, -0.25) is 4.68 Å². The molecule has 2 unspecified atom stereocenters. The van der Waals surface area contributed by atoms with Crippen LogP contribution in [0.25, 0.3) is 0 Å². The van der Waals surface area contributed by atoms with Gasteiger partial charge in [0.05, 0.1) is 6.20 Å². The van der Waals surface area contributed by atoms with E-state index in [2.05, 4.69) is 47.7 Å². The lowest BCUT2D eigenvalue weighted by molar-refractivity contribution is 0.411. The Hall–Kier alpha value is -1.61. The molecule has 1 aromatic heterocycles. The van der Waals surface area contributed by atoms with Crippen LogP contribution in [0.1, 0.15) is 48.7 Å². The predicted octanol–water partition coefficient (Wildman–Crippen LogP) is 3.15. The lowest BCUT2D eigenvalue weighted by Crippen LogP contribution is -2.27. The van der Waals surface area contributed by atoms with Crippen molar-refractivity contribution in [2.24, 2.45) is 7.05 Å². The lowest BCUT2D eigenvalue weighted by atomic mass is 9.92. The van der Waals surface area contributed by atoms with Gasteiger partial charge in [0.25, 0.3) is 0 Å². The van der Waals surface area contributed by atoms with Crippen LogP contribution in [0.4, 0.5) is 0 Å². The Kier molecular flexibility index (Phi) is 3.38. The van der Waals surface area contributed by atoms with Crippen molar-refractivity contribution in [2.75, 3.05) is 0 Å². The molecule has 3 nitrogen and oxygen atoms in total. The molecule has 3 heteroatoms. The van der Waals surface area contributed by atoms with E-state index in [0.29, 0.717) is 12.1 Å². The third-order valence-electron chi connectivity index (χ3n) is 4.13.